The molecule has 30 heavy (non-hydrogen) atoms. The Kier molecular flexibility index (Phi) is 4.58. The second-order valence-electron chi connectivity index (χ2n) is 6.83. The zero-order chi connectivity index (χ0) is 21.6. The Balaban J connectivity index is 1.98. The van der Waals surface area contributed by atoms with Crippen LogP contribution in [-0.4, -0.2) is 31.6 Å². The zero-order valence-corrected chi connectivity index (χ0v) is 16.4. The number of aromatic nitrogens is 4. The van der Waals surface area contributed by atoms with Crippen molar-refractivity contribution < 1.29 is 18.7 Å². The van der Waals surface area contributed by atoms with Crippen LogP contribution in [0.4, 0.5) is 10.2 Å². The molecule has 9 nitrogen and oxygen atoms in total. The van der Waals surface area contributed by atoms with E-state index in [9.17, 15) is 14.4 Å². The van der Waals surface area contributed by atoms with Crippen molar-refractivity contribution in [1.82, 2.24) is 19.7 Å². The number of ether oxygens (including phenoxy) is 2. The normalized spacial score (nSPS) is 18.0. The number of nitrogens with zero attached hydrogens (tertiary/aromatic N) is 5. The number of halogens is 1. The van der Waals surface area contributed by atoms with Gasteiger partial charge in [0, 0.05) is 18.2 Å². The lowest BCUT2D eigenvalue weighted by molar-refractivity contribution is 0.0805. The molecular weight excluding hydrogens is 391 g/mol. The number of benzene rings is 1. The number of hydrogen-bond acceptors (Lipinski definition) is 8. The molecule has 0 aliphatic carbocycles. The van der Waals surface area contributed by atoms with Crippen LogP contribution in [-0.2, 0) is 7.05 Å². The van der Waals surface area contributed by atoms with Crippen molar-refractivity contribution in [2.75, 3.05) is 5.73 Å². The fourth-order valence-corrected chi connectivity index (χ4v) is 3.29. The van der Waals surface area contributed by atoms with E-state index in [1.54, 1.807) is 20.9 Å². The first-order chi connectivity index (χ1) is 14.3. The lowest BCUT2D eigenvalue weighted by Gasteiger charge is -2.21. The molecule has 1 aliphatic rings. The van der Waals surface area contributed by atoms with Crippen LogP contribution < -0.4 is 15.2 Å². The molecule has 4 rings (SSSR count). The summed E-state index contributed by atoms with van der Waals surface area (Å²) in [5, 5.41) is 13.8. The molecule has 3 heterocycles. The van der Waals surface area contributed by atoms with E-state index in [4.69, 9.17) is 15.2 Å². The molecule has 2 aromatic heterocycles. The Morgan fingerprint density at radius 3 is 2.70 bits per heavy atom. The van der Waals surface area contributed by atoms with E-state index in [0.717, 1.165) is 0 Å². The minimum atomic E-state index is -0.970. The SMILES string of the molecule is CC1Oc2nn(C)c(C#N)c2-c2cnc(N)c(n2)O[C@H](C)c2cc(F)ccc2C1=O. The molecule has 2 bridgehead atoms. The summed E-state index contributed by atoms with van der Waals surface area (Å²) in [4.78, 5) is 21.6. The number of aryl methyl sites for hydroxylation is 1. The van der Waals surface area contributed by atoms with E-state index in [0.29, 0.717) is 5.56 Å². The fraction of sp³-hybridized carbons (Fsp3) is 0.250. The van der Waals surface area contributed by atoms with Crippen molar-refractivity contribution in [3.63, 3.8) is 0 Å². The second-order valence-corrected chi connectivity index (χ2v) is 6.83. The summed E-state index contributed by atoms with van der Waals surface area (Å²) in [5.41, 5.74) is 7.15. The summed E-state index contributed by atoms with van der Waals surface area (Å²) in [7, 11) is 1.57. The van der Waals surface area contributed by atoms with Gasteiger partial charge in [0.25, 0.3) is 5.88 Å². The van der Waals surface area contributed by atoms with Crippen molar-refractivity contribution in [1.29, 1.82) is 5.26 Å². The molecular formula is C20H17FN6O3. The van der Waals surface area contributed by atoms with Crippen LogP contribution >= 0.6 is 0 Å². The van der Waals surface area contributed by atoms with Crippen molar-refractivity contribution >= 4 is 11.6 Å². The number of nitrogens with two attached hydrogens (primary N) is 1. The number of rotatable bonds is 0. The average Bonchev–Trinajstić information content (AvgIpc) is 3.03. The third kappa shape index (κ3) is 3.10. The number of carbonyl (C=O) groups is 1. The van der Waals surface area contributed by atoms with Crippen LogP contribution in [0.3, 0.4) is 0 Å². The van der Waals surface area contributed by atoms with E-state index in [2.05, 4.69) is 15.1 Å². The van der Waals surface area contributed by atoms with Crippen LogP contribution in [0.25, 0.3) is 11.3 Å². The van der Waals surface area contributed by atoms with Crippen molar-refractivity contribution in [2.45, 2.75) is 26.1 Å². The fourth-order valence-electron chi connectivity index (χ4n) is 3.29. The summed E-state index contributed by atoms with van der Waals surface area (Å²) in [5.74, 6) is -0.882. The van der Waals surface area contributed by atoms with E-state index >= 15 is 0 Å². The summed E-state index contributed by atoms with van der Waals surface area (Å²) in [6.07, 6.45) is -0.368. The number of fused-ring (bicyclic) bond motifs is 5. The minimum absolute atomic E-state index is 0.00479. The Bertz CT molecular complexity index is 1220. The van der Waals surface area contributed by atoms with E-state index < -0.39 is 18.0 Å². The summed E-state index contributed by atoms with van der Waals surface area (Å²) in [6.45, 7) is 3.20. The molecule has 0 fully saturated rings. The van der Waals surface area contributed by atoms with Crippen LogP contribution in [0.15, 0.2) is 24.4 Å². The molecule has 0 radical (unpaired) electrons. The quantitative estimate of drug-likeness (QED) is 0.601. The van der Waals surface area contributed by atoms with Gasteiger partial charge in [-0.1, -0.05) is 0 Å². The first-order valence-electron chi connectivity index (χ1n) is 9.07. The van der Waals surface area contributed by atoms with Crippen LogP contribution in [0, 0.1) is 17.1 Å². The van der Waals surface area contributed by atoms with Gasteiger partial charge in [-0.3, -0.25) is 9.48 Å². The number of nitriles is 1. The van der Waals surface area contributed by atoms with Gasteiger partial charge in [0.1, 0.15) is 29.2 Å². The Morgan fingerprint density at radius 2 is 1.97 bits per heavy atom. The van der Waals surface area contributed by atoms with Crippen LogP contribution in [0.1, 0.15) is 41.6 Å². The topological polar surface area (TPSA) is 129 Å². The second kappa shape index (κ2) is 7.11. The molecule has 1 aromatic carbocycles. The smallest absolute Gasteiger partial charge is 0.258 e. The maximum absolute atomic E-state index is 13.9. The lowest BCUT2D eigenvalue weighted by Crippen LogP contribution is -2.26. The molecule has 2 atom stereocenters. The predicted octanol–water partition coefficient (Wildman–Crippen LogP) is 2.57. The number of hydrogen-bond donors (Lipinski definition) is 1. The molecule has 152 valence electrons. The van der Waals surface area contributed by atoms with Crippen molar-refractivity contribution in [3.05, 3.63) is 47.0 Å². The molecule has 10 heteroatoms. The molecule has 0 saturated carbocycles. The average molecular weight is 408 g/mol. The van der Waals surface area contributed by atoms with Gasteiger partial charge in [0.15, 0.2) is 17.6 Å². The molecule has 1 unspecified atom stereocenters. The lowest BCUT2D eigenvalue weighted by atomic mass is 9.97. The largest absolute Gasteiger partial charge is 0.467 e. The first kappa shape index (κ1) is 19.3. The number of Topliss-reactive ketones (excluding diaryl/α,β-unsaturated/α-hetero) is 1. The van der Waals surface area contributed by atoms with E-state index in [1.807, 2.05) is 6.07 Å². The molecule has 2 N–H and O–H groups in total. The number of anilines is 1. The maximum atomic E-state index is 13.9. The Labute approximate surface area is 170 Å². The van der Waals surface area contributed by atoms with Crippen LogP contribution in [0.2, 0.25) is 0 Å². The molecule has 0 amide bonds. The molecule has 0 spiro atoms. The van der Waals surface area contributed by atoms with Crippen molar-refractivity contribution in [3.8, 4) is 29.1 Å². The third-order valence-electron chi connectivity index (χ3n) is 4.81. The number of carbonyl (C=O) groups excluding carboxylic acids is 1. The summed E-state index contributed by atoms with van der Waals surface area (Å²) >= 11 is 0. The van der Waals surface area contributed by atoms with Gasteiger partial charge < -0.3 is 15.2 Å². The maximum Gasteiger partial charge on any atom is 0.258 e. The number of nitrogen functional groups attached to an aromatic ring is 1. The highest BCUT2D eigenvalue weighted by Gasteiger charge is 2.29. The van der Waals surface area contributed by atoms with Gasteiger partial charge in [-0.25, -0.2) is 14.4 Å². The standard InChI is InChI=1S/C20H17FN6O3/c1-9-13-6-11(21)4-5-12(13)17(28)10(2)30-19-16(15(7-22)27(3)26-19)14-8-24-18(23)20(25-14)29-9/h4-6,8-10H,1-3H3,(H2,23,24)/t9-,10?/m1/s1. The molecule has 3 aromatic rings. The third-order valence-corrected chi connectivity index (χ3v) is 4.81. The van der Waals surface area contributed by atoms with Crippen molar-refractivity contribution in [2.24, 2.45) is 7.05 Å². The van der Waals surface area contributed by atoms with E-state index in [-0.39, 0.29) is 45.9 Å². The summed E-state index contributed by atoms with van der Waals surface area (Å²) in [6, 6.07) is 5.85. The van der Waals surface area contributed by atoms with Gasteiger partial charge >= 0.3 is 0 Å². The minimum Gasteiger partial charge on any atom is -0.467 e. The predicted molar refractivity (Wildman–Crippen MR) is 103 cm³/mol. The summed E-state index contributed by atoms with van der Waals surface area (Å²) < 4.78 is 26.9. The first-order valence-corrected chi connectivity index (χ1v) is 9.07. The van der Waals surface area contributed by atoms with Gasteiger partial charge in [-0.15, -0.1) is 5.10 Å². The number of ketones is 1. The van der Waals surface area contributed by atoms with E-state index in [1.165, 1.54) is 29.1 Å². The molecule has 1 aliphatic heterocycles. The van der Waals surface area contributed by atoms with Gasteiger partial charge in [0.05, 0.1) is 6.20 Å². The monoisotopic (exact) mass is 408 g/mol. The van der Waals surface area contributed by atoms with Gasteiger partial charge in [-0.05, 0) is 32.0 Å². The van der Waals surface area contributed by atoms with Gasteiger partial charge in [-0.2, -0.15) is 5.26 Å². The highest BCUT2D eigenvalue weighted by atomic mass is 19.1. The Morgan fingerprint density at radius 1 is 1.23 bits per heavy atom. The highest BCUT2D eigenvalue weighted by Crippen LogP contribution is 2.36. The van der Waals surface area contributed by atoms with Crippen LogP contribution in [0.5, 0.6) is 11.8 Å². The van der Waals surface area contributed by atoms with Gasteiger partial charge in [0.2, 0.25) is 11.7 Å². The Hall–Kier alpha value is -4.00. The zero-order valence-electron chi connectivity index (χ0n) is 16.4. The highest BCUT2D eigenvalue weighted by molar-refractivity contribution is 6.01. The molecule has 0 saturated heterocycles.